The number of halogens is 3. The molecule has 1 aliphatic heterocycles. The van der Waals surface area contributed by atoms with E-state index in [1.165, 1.54) is 28.6 Å². The highest BCUT2D eigenvalue weighted by molar-refractivity contribution is 7.92. The number of benzene rings is 2. The summed E-state index contributed by atoms with van der Waals surface area (Å²) in [7, 11) is -3.66. The highest BCUT2D eigenvalue weighted by atomic mass is 32.2. The van der Waals surface area contributed by atoms with E-state index in [1.807, 2.05) is 6.92 Å². The fourth-order valence-electron chi connectivity index (χ4n) is 5.76. The monoisotopic (exact) mass is 565 g/mol. The molecule has 0 bridgehead atoms. The summed E-state index contributed by atoms with van der Waals surface area (Å²) >= 11 is 0. The van der Waals surface area contributed by atoms with Gasteiger partial charge in [0, 0.05) is 25.1 Å². The van der Waals surface area contributed by atoms with Gasteiger partial charge in [0.25, 0.3) is 0 Å². The minimum absolute atomic E-state index is 0.0423. The third kappa shape index (κ3) is 8.20. The van der Waals surface area contributed by atoms with Crippen LogP contribution in [-0.4, -0.2) is 50.7 Å². The summed E-state index contributed by atoms with van der Waals surface area (Å²) in [5.41, 5.74) is 0.302. The topological polar surface area (TPSA) is 69.7 Å². The molecule has 1 saturated carbocycles. The van der Waals surface area contributed by atoms with Crippen molar-refractivity contribution in [3.63, 3.8) is 0 Å². The smallest absolute Gasteiger partial charge is 0.235 e. The summed E-state index contributed by atoms with van der Waals surface area (Å²) in [6, 6.07) is 8.69. The van der Waals surface area contributed by atoms with Gasteiger partial charge in [-0.2, -0.15) is 0 Å². The fourth-order valence-corrected chi connectivity index (χ4v) is 7.75. The molecule has 1 saturated heterocycles. The molecule has 0 unspecified atom stereocenters. The molecule has 2 aromatic carbocycles. The van der Waals surface area contributed by atoms with Crippen LogP contribution < -0.4 is 9.62 Å². The SMILES string of the molecule is C[C@H](CN(c1cccc(F)c1)S(=O)(=O)CC1CCCCC1)N1CCC(CC(=O)Nc2ccc(F)cc2F)CC1. The maximum absolute atomic E-state index is 14.1. The molecule has 1 N–H and O–H groups in total. The van der Waals surface area contributed by atoms with E-state index >= 15 is 0 Å². The van der Waals surface area contributed by atoms with Gasteiger partial charge < -0.3 is 5.32 Å². The number of hydrogen-bond acceptors (Lipinski definition) is 4. The summed E-state index contributed by atoms with van der Waals surface area (Å²) in [6.45, 7) is 3.56. The zero-order chi connectivity index (χ0) is 28.0. The van der Waals surface area contributed by atoms with Crippen LogP contribution in [0.5, 0.6) is 0 Å². The largest absolute Gasteiger partial charge is 0.324 e. The molecule has 1 amide bonds. The Morgan fingerprint density at radius 3 is 2.33 bits per heavy atom. The number of nitrogens with one attached hydrogen (secondary N) is 1. The van der Waals surface area contributed by atoms with Gasteiger partial charge in [0.1, 0.15) is 17.5 Å². The number of anilines is 2. The van der Waals surface area contributed by atoms with Crippen molar-refractivity contribution >= 4 is 27.3 Å². The Bertz CT molecular complexity index is 1230. The van der Waals surface area contributed by atoms with Crippen LogP contribution in [0.15, 0.2) is 42.5 Å². The van der Waals surface area contributed by atoms with E-state index in [9.17, 15) is 26.4 Å². The van der Waals surface area contributed by atoms with Crippen LogP contribution in [0.2, 0.25) is 0 Å². The van der Waals surface area contributed by atoms with Crippen molar-refractivity contribution in [1.82, 2.24) is 4.90 Å². The number of amides is 1. The lowest BCUT2D eigenvalue weighted by Gasteiger charge is -2.38. The van der Waals surface area contributed by atoms with Crippen molar-refractivity contribution in [1.29, 1.82) is 0 Å². The molecule has 1 atom stereocenters. The average molecular weight is 566 g/mol. The molecule has 2 aromatic rings. The molecule has 2 fully saturated rings. The van der Waals surface area contributed by atoms with Gasteiger partial charge in [0.05, 0.1) is 17.1 Å². The van der Waals surface area contributed by atoms with Crippen molar-refractivity contribution < 1.29 is 26.4 Å². The molecule has 0 radical (unpaired) electrons. The van der Waals surface area contributed by atoms with Crippen LogP contribution in [0.4, 0.5) is 24.5 Å². The van der Waals surface area contributed by atoms with Gasteiger partial charge in [-0.3, -0.25) is 14.0 Å². The van der Waals surface area contributed by atoms with Crippen LogP contribution in [-0.2, 0) is 14.8 Å². The minimum Gasteiger partial charge on any atom is -0.324 e. The molecule has 10 heteroatoms. The summed E-state index contributed by atoms with van der Waals surface area (Å²) in [4.78, 5) is 14.7. The molecule has 214 valence electrons. The normalized spacial score (nSPS) is 18.6. The third-order valence-electron chi connectivity index (χ3n) is 7.98. The predicted molar refractivity (Wildman–Crippen MR) is 147 cm³/mol. The second kappa shape index (κ2) is 13.2. The number of likely N-dealkylation sites (tertiary alicyclic amines) is 1. The minimum atomic E-state index is -3.66. The van der Waals surface area contributed by atoms with Gasteiger partial charge in [-0.25, -0.2) is 21.6 Å². The van der Waals surface area contributed by atoms with E-state index in [-0.39, 0.29) is 48.2 Å². The van der Waals surface area contributed by atoms with Gasteiger partial charge in [-0.15, -0.1) is 0 Å². The molecule has 4 rings (SSSR count). The van der Waals surface area contributed by atoms with E-state index in [0.717, 1.165) is 57.1 Å². The Kier molecular flexibility index (Phi) is 9.93. The lowest BCUT2D eigenvalue weighted by atomic mass is 9.91. The number of carbonyl (C=O) groups excluding carboxylic acids is 1. The Morgan fingerprint density at radius 1 is 0.974 bits per heavy atom. The van der Waals surface area contributed by atoms with Crippen LogP contribution in [0.3, 0.4) is 0 Å². The van der Waals surface area contributed by atoms with E-state index in [1.54, 1.807) is 6.07 Å². The van der Waals surface area contributed by atoms with Gasteiger partial charge in [-0.05, 0) is 87.9 Å². The first-order chi connectivity index (χ1) is 18.6. The molecule has 39 heavy (non-hydrogen) atoms. The molecule has 6 nitrogen and oxygen atoms in total. The van der Waals surface area contributed by atoms with E-state index < -0.39 is 27.5 Å². The number of piperidine rings is 1. The molecule has 0 aromatic heterocycles. The Hall–Kier alpha value is -2.59. The first-order valence-corrected chi connectivity index (χ1v) is 15.5. The molecule has 1 aliphatic carbocycles. The number of nitrogens with zero attached hydrogens (tertiary/aromatic N) is 2. The van der Waals surface area contributed by atoms with Crippen molar-refractivity contribution in [2.45, 2.75) is 64.3 Å². The first kappa shape index (κ1) is 29.4. The van der Waals surface area contributed by atoms with Crippen LogP contribution in [0, 0.1) is 29.3 Å². The lowest BCUT2D eigenvalue weighted by Crippen LogP contribution is -2.48. The summed E-state index contributed by atoms with van der Waals surface area (Å²) in [6.07, 6.45) is 6.73. The lowest BCUT2D eigenvalue weighted by molar-refractivity contribution is -0.117. The van der Waals surface area contributed by atoms with Gasteiger partial charge >= 0.3 is 0 Å². The maximum atomic E-state index is 14.1. The van der Waals surface area contributed by atoms with Crippen LogP contribution in [0.1, 0.15) is 58.3 Å². The van der Waals surface area contributed by atoms with E-state index in [2.05, 4.69) is 10.2 Å². The zero-order valence-corrected chi connectivity index (χ0v) is 23.2. The van der Waals surface area contributed by atoms with Crippen molar-refractivity contribution in [2.24, 2.45) is 11.8 Å². The molecular weight excluding hydrogens is 527 g/mol. The van der Waals surface area contributed by atoms with E-state index in [4.69, 9.17) is 0 Å². The molecule has 2 aliphatic rings. The summed E-state index contributed by atoms with van der Waals surface area (Å²) in [5, 5.41) is 2.52. The van der Waals surface area contributed by atoms with Crippen molar-refractivity contribution in [2.75, 3.05) is 35.0 Å². The van der Waals surface area contributed by atoms with Crippen molar-refractivity contribution in [3.8, 4) is 0 Å². The average Bonchev–Trinajstić information content (AvgIpc) is 2.89. The second-order valence-corrected chi connectivity index (χ2v) is 12.9. The number of hydrogen-bond donors (Lipinski definition) is 1. The summed E-state index contributed by atoms with van der Waals surface area (Å²) in [5.74, 6) is -2.01. The number of sulfonamides is 1. The maximum Gasteiger partial charge on any atom is 0.235 e. The molecule has 0 spiro atoms. The highest BCUT2D eigenvalue weighted by Gasteiger charge is 2.32. The van der Waals surface area contributed by atoms with Crippen LogP contribution >= 0.6 is 0 Å². The third-order valence-corrected chi connectivity index (χ3v) is 9.91. The molecular formula is C29H38F3N3O3S. The quantitative estimate of drug-likeness (QED) is 0.387. The van der Waals surface area contributed by atoms with E-state index in [0.29, 0.717) is 18.8 Å². The van der Waals surface area contributed by atoms with Gasteiger partial charge in [-0.1, -0.05) is 25.3 Å². The summed E-state index contributed by atoms with van der Waals surface area (Å²) < 4.78 is 69.6. The Balaban J connectivity index is 1.35. The van der Waals surface area contributed by atoms with Crippen molar-refractivity contribution in [3.05, 3.63) is 59.9 Å². The fraction of sp³-hybridized carbons (Fsp3) is 0.552. The van der Waals surface area contributed by atoms with Gasteiger partial charge in [0.2, 0.25) is 15.9 Å². The zero-order valence-electron chi connectivity index (χ0n) is 22.4. The highest BCUT2D eigenvalue weighted by Crippen LogP contribution is 2.29. The van der Waals surface area contributed by atoms with Gasteiger partial charge in [0.15, 0.2) is 0 Å². The standard InChI is InChI=1S/C29H38F3N3O3S/c1-21(34-14-12-22(13-15-34)16-29(36)33-28-11-10-25(31)18-27(28)32)19-35(26-9-5-8-24(30)17-26)39(37,38)20-23-6-3-2-4-7-23/h5,8-11,17-18,21-23H,2-4,6-7,12-16,19-20H2,1H3,(H,33,36)/t21-/m1/s1. The first-order valence-electron chi connectivity index (χ1n) is 13.9. The second-order valence-electron chi connectivity index (χ2n) is 11.0. The predicted octanol–water partition coefficient (Wildman–Crippen LogP) is 5.95. The van der Waals surface area contributed by atoms with Crippen LogP contribution in [0.25, 0.3) is 0 Å². The Labute approximate surface area is 229 Å². The number of carbonyl (C=O) groups is 1. The molecule has 1 heterocycles. The Morgan fingerprint density at radius 2 is 1.67 bits per heavy atom. The number of rotatable bonds is 10.